The van der Waals surface area contributed by atoms with E-state index in [1.807, 2.05) is 0 Å². The third-order valence-electron chi connectivity index (χ3n) is 0. The number of hydrogen-bond donors (Lipinski definition) is 5. The fraction of sp³-hybridized carbons (Fsp3) is 0. The highest BCUT2D eigenvalue weighted by atomic mass is 16.9. The van der Waals surface area contributed by atoms with E-state index >= 15 is 0 Å². The number of nitrogens with zero attached hydrogens (tertiary/aromatic N) is 3. The molecule has 0 atom stereocenters. The van der Waals surface area contributed by atoms with Crippen LogP contribution in [0.3, 0.4) is 0 Å². The zero-order chi connectivity index (χ0) is 10.7. The first-order valence-corrected chi connectivity index (χ1v) is 1.70. The molecule has 0 aliphatic carbocycles. The lowest BCUT2D eigenvalue weighted by Crippen LogP contribution is -1.81. The highest BCUT2D eigenvalue weighted by Crippen LogP contribution is 1.39. The average molecular weight is 223 g/mol. The van der Waals surface area contributed by atoms with Gasteiger partial charge in [0.1, 0.15) is 0 Å². The number of hydrogen-bond acceptors (Lipinski definition) is 8. The van der Waals surface area contributed by atoms with Crippen LogP contribution >= 0.6 is 0 Å². The van der Waals surface area contributed by atoms with Crippen molar-refractivity contribution in [3.8, 4) is 0 Å². The van der Waals surface area contributed by atoms with Crippen molar-refractivity contribution in [3.05, 3.63) is 30.3 Å². The normalized spacial score (nSPS) is 5.14. The zero-order valence-electron chi connectivity index (χ0n) is 6.55. The molecular weight excluding hydrogens is 214 g/mol. The Balaban J connectivity index is -0.0000000270. The monoisotopic (exact) mass is 223 g/mol. The average Bonchev–Trinajstić information content (AvgIpc) is 1.54. The van der Waals surface area contributed by atoms with Crippen molar-refractivity contribution in [2.24, 2.45) is 0 Å². The molecule has 0 saturated heterocycles. The van der Waals surface area contributed by atoms with Crippen LogP contribution in [-0.2, 0) is 0 Å². The Kier molecular flexibility index (Phi) is 48.0. The minimum Gasteiger partial charge on any atom is -0.344 e. The maximum Gasteiger partial charge on any atom is 0.291 e. The SMILES string of the molecule is N.N.O=[N+]([O-])O.O=[N+]([O-])O.O=[N+]([O-])O. The van der Waals surface area contributed by atoms with E-state index < -0.39 is 15.3 Å². The second kappa shape index (κ2) is 22.4. The van der Waals surface area contributed by atoms with Crippen LogP contribution < -0.4 is 12.3 Å². The van der Waals surface area contributed by atoms with E-state index in [-0.39, 0.29) is 12.3 Å². The summed E-state index contributed by atoms with van der Waals surface area (Å²) in [7, 11) is 0. The molecule has 0 aromatic rings. The van der Waals surface area contributed by atoms with E-state index in [1.165, 1.54) is 0 Å². The van der Waals surface area contributed by atoms with Gasteiger partial charge in [0.25, 0.3) is 15.3 Å². The van der Waals surface area contributed by atoms with Gasteiger partial charge in [-0.05, 0) is 0 Å². The molecule has 88 valence electrons. The molecule has 0 aliphatic rings. The summed E-state index contributed by atoms with van der Waals surface area (Å²) in [6, 6.07) is 0. The summed E-state index contributed by atoms with van der Waals surface area (Å²) in [6.07, 6.45) is 0. The van der Waals surface area contributed by atoms with Gasteiger partial charge in [-0.1, -0.05) is 0 Å². The molecule has 0 spiro atoms. The molecule has 0 rings (SSSR count). The van der Waals surface area contributed by atoms with Crippen LogP contribution in [0.15, 0.2) is 0 Å². The molecule has 0 bridgehead atoms. The van der Waals surface area contributed by atoms with Crippen LogP contribution in [0.2, 0.25) is 0 Å². The van der Waals surface area contributed by atoms with Crippen molar-refractivity contribution in [2.45, 2.75) is 0 Å². The summed E-state index contributed by atoms with van der Waals surface area (Å²) in [4.78, 5) is 25.1. The lowest BCUT2D eigenvalue weighted by molar-refractivity contribution is -0.742. The molecule has 0 amide bonds. The van der Waals surface area contributed by atoms with Crippen molar-refractivity contribution in [1.29, 1.82) is 0 Å². The predicted octanol–water partition coefficient (Wildman–Crippen LogP) is -0.719. The van der Waals surface area contributed by atoms with Crippen molar-refractivity contribution >= 4 is 0 Å². The highest BCUT2D eigenvalue weighted by Gasteiger charge is 1.66. The zero-order valence-corrected chi connectivity index (χ0v) is 6.55. The highest BCUT2D eigenvalue weighted by molar-refractivity contribution is 3.84. The Morgan fingerprint density at radius 1 is 0.643 bits per heavy atom. The summed E-state index contributed by atoms with van der Waals surface area (Å²) < 4.78 is 0. The first-order valence-electron chi connectivity index (χ1n) is 1.70. The Morgan fingerprint density at radius 3 is 0.643 bits per heavy atom. The Hall–Kier alpha value is -2.48. The lowest BCUT2D eigenvalue weighted by Gasteiger charge is -1.56. The van der Waals surface area contributed by atoms with Crippen LogP contribution in [0.1, 0.15) is 0 Å². The van der Waals surface area contributed by atoms with Gasteiger partial charge in [0.15, 0.2) is 0 Å². The van der Waals surface area contributed by atoms with Gasteiger partial charge in [-0.25, -0.2) is 0 Å². The van der Waals surface area contributed by atoms with Gasteiger partial charge in [0.05, 0.1) is 0 Å². The molecule has 0 heterocycles. The van der Waals surface area contributed by atoms with Gasteiger partial charge in [-0.3, -0.25) is 0 Å². The van der Waals surface area contributed by atoms with Crippen LogP contribution in [0.4, 0.5) is 0 Å². The summed E-state index contributed by atoms with van der Waals surface area (Å²) in [5.41, 5.74) is 0. The molecule has 0 aliphatic heterocycles. The summed E-state index contributed by atoms with van der Waals surface area (Å²) >= 11 is 0. The van der Waals surface area contributed by atoms with Gasteiger partial charge >= 0.3 is 0 Å². The second-order valence-corrected chi connectivity index (χ2v) is 0.714. The third kappa shape index (κ3) is 112. The second-order valence-electron chi connectivity index (χ2n) is 0.714. The number of rotatable bonds is 0. The standard InChI is InChI=1S/3HNO3.2H3N/c3*2-1(3)4;;/h3*(H,2,3,4);2*1H3. The molecular formula is H9N5O9. The van der Waals surface area contributed by atoms with Gasteiger partial charge in [-0.15, -0.1) is 30.3 Å². The topological polar surface area (TPSA) is 260 Å². The molecule has 14 nitrogen and oxygen atoms in total. The van der Waals surface area contributed by atoms with E-state index in [2.05, 4.69) is 0 Å². The molecule has 0 radical (unpaired) electrons. The summed E-state index contributed by atoms with van der Waals surface area (Å²) in [5, 5.41) is 40.9. The molecule has 0 saturated carbocycles. The van der Waals surface area contributed by atoms with Crippen LogP contribution in [0.5, 0.6) is 0 Å². The van der Waals surface area contributed by atoms with Gasteiger partial charge in [0.2, 0.25) is 0 Å². The molecule has 14 heteroatoms. The minimum absolute atomic E-state index is 0. The van der Waals surface area contributed by atoms with Crippen LogP contribution in [0, 0.1) is 30.3 Å². The minimum atomic E-state index is -1.50. The molecule has 0 aromatic carbocycles. The maximum atomic E-state index is 8.36. The molecule has 9 N–H and O–H groups in total. The Labute approximate surface area is 74.9 Å². The van der Waals surface area contributed by atoms with Crippen molar-refractivity contribution in [1.82, 2.24) is 12.3 Å². The fourth-order valence-corrected chi connectivity index (χ4v) is 0. The van der Waals surface area contributed by atoms with Crippen LogP contribution in [0.25, 0.3) is 0 Å². The van der Waals surface area contributed by atoms with Crippen molar-refractivity contribution in [3.63, 3.8) is 0 Å². The van der Waals surface area contributed by atoms with Gasteiger partial charge in [0, 0.05) is 0 Å². The molecule has 0 aromatic heterocycles. The van der Waals surface area contributed by atoms with Gasteiger partial charge in [-0.2, -0.15) is 0 Å². The molecule has 14 heavy (non-hydrogen) atoms. The van der Waals surface area contributed by atoms with Gasteiger partial charge < -0.3 is 27.9 Å². The van der Waals surface area contributed by atoms with Crippen molar-refractivity contribution in [2.75, 3.05) is 0 Å². The molecule has 0 fully saturated rings. The van der Waals surface area contributed by atoms with E-state index in [9.17, 15) is 0 Å². The maximum absolute atomic E-state index is 8.36. The quantitative estimate of drug-likeness (QED) is 0.252. The van der Waals surface area contributed by atoms with E-state index in [4.69, 9.17) is 46.0 Å². The summed E-state index contributed by atoms with van der Waals surface area (Å²) in [5.74, 6) is 0. The first-order chi connectivity index (χ1) is 5.20. The first kappa shape index (κ1) is 30.0. The van der Waals surface area contributed by atoms with Crippen LogP contribution in [-0.4, -0.2) is 30.9 Å². The van der Waals surface area contributed by atoms with E-state index in [0.717, 1.165) is 0 Å². The largest absolute Gasteiger partial charge is 0.344 e. The van der Waals surface area contributed by atoms with E-state index in [1.54, 1.807) is 0 Å². The predicted molar refractivity (Wildman–Crippen MR) is 36.4 cm³/mol. The molecule has 0 unspecified atom stereocenters. The third-order valence-corrected chi connectivity index (χ3v) is 0. The summed E-state index contributed by atoms with van der Waals surface area (Å²) in [6.45, 7) is 0. The lowest BCUT2D eigenvalue weighted by atomic mass is 13.1. The fourth-order valence-electron chi connectivity index (χ4n) is 0. The Bertz CT molecular complexity index is 111. The van der Waals surface area contributed by atoms with E-state index in [0.29, 0.717) is 0 Å². The van der Waals surface area contributed by atoms with Crippen molar-refractivity contribution < 1.29 is 30.9 Å². The Morgan fingerprint density at radius 2 is 0.643 bits per heavy atom. The smallest absolute Gasteiger partial charge is 0.291 e.